The minimum atomic E-state index is 0.577. The van der Waals surface area contributed by atoms with E-state index in [2.05, 4.69) is 0 Å². The lowest BCUT2D eigenvalue weighted by atomic mass is 10.0. The van der Waals surface area contributed by atoms with Crippen LogP contribution in [0, 0.1) is 6.92 Å². The summed E-state index contributed by atoms with van der Waals surface area (Å²) in [5, 5.41) is 1.98. The predicted octanol–water partition coefficient (Wildman–Crippen LogP) is 5.55. The largest absolute Gasteiger partial charge is 0.0837 e. The highest BCUT2D eigenvalue weighted by molar-refractivity contribution is 6.42. The van der Waals surface area contributed by atoms with Gasteiger partial charge in [-0.2, -0.15) is 0 Å². The summed E-state index contributed by atoms with van der Waals surface area (Å²) in [7, 11) is 0. The monoisotopic (exact) mass is 284 g/mol. The number of aryl methyl sites for hydroxylation is 1. The lowest BCUT2D eigenvalue weighted by molar-refractivity contribution is 1.18. The normalized spacial score (nSPS) is 10.6. The maximum atomic E-state index is 6.26. The van der Waals surface area contributed by atoms with Crippen LogP contribution in [0.5, 0.6) is 0 Å². The molecule has 2 aromatic carbocycles. The number of halogens is 3. The molecule has 0 unspecified atom stereocenters. The van der Waals surface area contributed by atoms with Crippen LogP contribution >= 0.6 is 34.8 Å². The lowest BCUT2D eigenvalue weighted by Gasteiger charge is -2.09. The molecule has 0 amide bonds. The summed E-state index contributed by atoms with van der Waals surface area (Å²) in [6, 6.07) is 11.6. The van der Waals surface area contributed by atoms with Crippen molar-refractivity contribution >= 4 is 34.8 Å². The molecule has 3 heteroatoms. The van der Waals surface area contributed by atoms with Crippen LogP contribution < -0.4 is 0 Å². The molecule has 0 aliphatic heterocycles. The standard InChI is InChI=1S/C14H11Cl3/c1-9-4-2-5-10(13(9)16)8-11-6-3-7-12(15)14(11)17/h2-7H,8H2,1H3. The van der Waals surface area contributed by atoms with Gasteiger partial charge in [-0.05, 0) is 29.7 Å². The van der Waals surface area contributed by atoms with E-state index in [1.54, 1.807) is 6.07 Å². The van der Waals surface area contributed by atoms with E-state index in [-0.39, 0.29) is 0 Å². The van der Waals surface area contributed by atoms with Crippen LogP contribution in [0.4, 0.5) is 0 Å². The molecular weight excluding hydrogens is 275 g/mol. The van der Waals surface area contributed by atoms with Crippen molar-refractivity contribution < 1.29 is 0 Å². The van der Waals surface area contributed by atoms with E-state index >= 15 is 0 Å². The van der Waals surface area contributed by atoms with Gasteiger partial charge in [0.05, 0.1) is 10.0 Å². The lowest BCUT2D eigenvalue weighted by Crippen LogP contribution is -1.92. The van der Waals surface area contributed by atoms with E-state index in [9.17, 15) is 0 Å². The van der Waals surface area contributed by atoms with Gasteiger partial charge in [-0.25, -0.2) is 0 Å². The Hall–Kier alpha value is -0.690. The van der Waals surface area contributed by atoms with E-state index in [0.717, 1.165) is 21.7 Å². The van der Waals surface area contributed by atoms with Gasteiger partial charge in [0.25, 0.3) is 0 Å². The molecule has 0 spiro atoms. The molecule has 2 aromatic rings. The van der Waals surface area contributed by atoms with Crippen LogP contribution in [0.15, 0.2) is 36.4 Å². The Balaban J connectivity index is 2.38. The molecule has 0 fully saturated rings. The van der Waals surface area contributed by atoms with Crippen LogP contribution in [0.2, 0.25) is 15.1 Å². The van der Waals surface area contributed by atoms with Gasteiger partial charge in [0.1, 0.15) is 0 Å². The van der Waals surface area contributed by atoms with Crippen molar-refractivity contribution in [2.45, 2.75) is 13.3 Å². The number of hydrogen-bond donors (Lipinski definition) is 0. The van der Waals surface area contributed by atoms with Crippen molar-refractivity contribution in [3.8, 4) is 0 Å². The SMILES string of the molecule is Cc1cccc(Cc2cccc(Cl)c2Cl)c1Cl. The highest BCUT2D eigenvalue weighted by Crippen LogP contribution is 2.29. The second-order valence-electron chi connectivity index (χ2n) is 3.94. The van der Waals surface area contributed by atoms with Crippen molar-refractivity contribution in [3.05, 3.63) is 68.2 Å². The van der Waals surface area contributed by atoms with Crippen LogP contribution in [0.25, 0.3) is 0 Å². The van der Waals surface area contributed by atoms with Gasteiger partial charge in [-0.15, -0.1) is 0 Å². The van der Waals surface area contributed by atoms with E-state index in [1.807, 2.05) is 37.3 Å². The maximum Gasteiger partial charge on any atom is 0.0627 e. The van der Waals surface area contributed by atoms with Crippen LogP contribution in [-0.2, 0) is 6.42 Å². The molecule has 0 heterocycles. The Morgan fingerprint density at radius 2 is 1.41 bits per heavy atom. The molecule has 17 heavy (non-hydrogen) atoms. The number of benzene rings is 2. The van der Waals surface area contributed by atoms with Crippen molar-refractivity contribution in [2.24, 2.45) is 0 Å². The van der Waals surface area contributed by atoms with Gasteiger partial charge in [-0.1, -0.05) is 65.1 Å². The molecule has 0 aliphatic rings. The summed E-state index contributed by atoms with van der Waals surface area (Å²) < 4.78 is 0. The van der Waals surface area contributed by atoms with Gasteiger partial charge in [0, 0.05) is 11.4 Å². The first-order valence-corrected chi connectivity index (χ1v) is 6.40. The van der Waals surface area contributed by atoms with Gasteiger partial charge in [0.15, 0.2) is 0 Å². The van der Waals surface area contributed by atoms with E-state index < -0.39 is 0 Å². The second-order valence-corrected chi connectivity index (χ2v) is 5.10. The smallest absolute Gasteiger partial charge is 0.0627 e. The fourth-order valence-electron chi connectivity index (χ4n) is 1.73. The van der Waals surface area contributed by atoms with Crippen LogP contribution in [0.3, 0.4) is 0 Å². The summed E-state index contributed by atoms with van der Waals surface area (Å²) in [5.74, 6) is 0. The van der Waals surface area contributed by atoms with E-state index in [4.69, 9.17) is 34.8 Å². The molecule has 2 rings (SSSR count). The van der Waals surface area contributed by atoms with Crippen LogP contribution in [0.1, 0.15) is 16.7 Å². The molecule has 0 radical (unpaired) electrons. The quantitative estimate of drug-likeness (QED) is 0.679. The van der Waals surface area contributed by atoms with E-state index in [0.29, 0.717) is 16.5 Å². The van der Waals surface area contributed by atoms with Crippen LogP contribution in [-0.4, -0.2) is 0 Å². The third-order valence-electron chi connectivity index (χ3n) is 2.68. The summed E-state index contributed by atoms with van der Waals surface area (Å²) >= 11 is 18.4. The van der Waals surface area contributed by atoms with E-state index in [1.165, 1.54) is 0 Å². The zero-order chi connectivity index (χ0) is 12.4. The Labute approximate surface area is 116 Å². The Bertz CT molecular complexity index is 498. The van der Waals surface area contributed by atoms with Crippen molar-refractivity contribution in [1.29, 1.82) is 0 Å². The van der Waals surface area contributed by atoms with Gasteiger partial charge >= 0.3 is 0 Å². The third kappa shape index (κ3) is 2.77. The zero-order valence-electron chi connectivity index (χ0n) is 9.31. The molecule has 0 saturated carbocycles. The zero-order valence-corrected chi connectivity index (χ0v) is 11.6. The maximum absolute atomic E-state index is 6.26. The molecule has 88 valence electrons. The third-order valence-corrected chi connectivity index (χ3v) is 4.08. The topological polar surface area (TPSA) is 0 Å². The van der Waals surface area contributed by atoms with Gasteiger partial charge in [-0.3, -0.25) is 0 Å². The fraction of sp³-hybridized carbons (Fsp3) is 0.143. The number of hydrogen-bond acceptors (Lipinski definition) is 0. The summed E-state index contributed by atoms with van der Waals surface area (Å²) in [6.45, 7) is 1.99. The molecule has 0 saturated heterocycles. The minimum absolute atomic E-state index is 0.577. The summed E-state index contributed by atoms with van der Waals surface area (Å²) in [5.41, 5.74) is 3.13. The fourth-order valence-corrected chi connectivity index (χ4v) is 2.31. The molecule has 0 atom stereocenters. The van der Waals surface area contributed by atoms with Gasteiger partial charge < -0.3 is 0 Å². The summed E-state index contributed by atoms with van der Waals surface area (Å²) in [4.78, 5) is 0. The molecule has 0 bridgehead atoms. The predicted molar refractivity (Wildman–Crippen MR) is 75.5 cm³/mol. The molecule has 0 aliphatic carbocycles. The Kier molecular flexibility index (Phi) is 3.98. The van der Waals surface area contributed by atoms with Crippen molar-refractivity contribution in [1.82, 2.24) is 0 Å². The molecule has 0 N–H and O–H groups in total. The van der Waals surface area contributed by atoms with Crippen molar-refractivity contribution in [3.63, 3.8) is 0 Å². The average Bonchev–Trinajstić information content (AvgIpc) is 2.31. The molecular formula is C14H11Cl3. The average molecular weight is 286 g/mol. The minimum Gasteiger partial charge on any atom is -0.0837 e. The van der Waals surface area contributed by atoms with Crippen molar-refractivity contribution in [2.75, 3.05) is 0 Å². The Morgan fingerprint density at radius 3 is 2.12 bits per heavy atom. The molecule has 0 nitrogen and oxygen atoms in total. The first-order valence-electron chi connectivity index (χ1n) is 5.26. The first-order chi connectivity index (χ1) is 8.09. The molecule has 0 aromatic heterocycles. The highest BCUT2D eigenvalue weighted by Gasteiger charge is 2.08. The van der Waals surface area contributed by atoms with Gasteiger partial charge in [0.2, 0.25) is 0 Å². The summed E-state index contributed by atoms with van der Waals surface area (Å²) in [6.07, 6.45) is 0.694. The second kappa shape index (κ2) is 5.30. The number of rotatable bonds is 2. The first kappa shape index (κ1) is 12.8. The Morgan fingerprint density at radius 1 is 0.824 bits per heavy atom. The highest BCUT2D eigenvalue weighted by atomic mass is 35.5.